The molecule has 1 heterocycles. The fourth-order valence-electron chi connectivity index (χ4n) is 1.92. The van der Waals surface area contributed by atoms with E-state index in [0.29, 0.717) is 23.3 Å². The van der Waals surface area contributed by atoms with E-state index in [1.165, 1.54) is 0 Å². The number of hydrogen-bond donors (Lipinski definition) is 2. The van der Waals surface area contributed by atoms with Crippen molar-refractivity contribution in [3.05, 3.63) is 23.9 Å². The number of hydrogen-bond acceptors (Lipinski definition) is 4. The van der Waals surface area contributed by atoms with E-state index < -0.39 is 0 Å². The molecule has 0 atom stereocenters. The standard InChI is InChI=1S/C14H24N4O/c1-10(2)8-18(9-11(3)4)14(19)12-6-5-7-13(16-12)17-15/h5-7,10-11H,8-9,15H2,1-4H3,(H,16,17). The highest BCUT2D eigenvalue weighted by Crippen LogP contribution is 2.11. The van der Waals surface area contributed by atoms with Gasteiger partial charge in [0.05, 0.1) is 0 Å². The molecule has 0 spiro atoms. The molecular formula is C14H24N4O. The first kappa shape index (κ1) is 15.4. The Balaban J connectivity index is 2.90. The minimum Gasteiger partial charge on any atom is -0.337 e. The number of carbonyl (C=O) groups excluding carboxylic acids is 1. The lowest BCUT2D eigenvalue weighted by Crippen LogP contribution is -2.37. The van der Waals surface area contributed by atoms with E-state index >= 15 is 0 Å². The van der Waals surface area contributed by atoms with Gasteiger partial charge in [-0.25, -0.2) is 10.8 Å². The molecule has 1 aromatic heterocycles. The third-order valence-electron chi connectivity index (χ3n) is 2.57. The Labute approximate surface area is 115 Å². The molecule has 0 bridgehead atoms. The summed E-state index contributed by atoms with van der Waals surface area (Å²) >= 11 is 0. The van der Waals surface area contributed by atoms with E-state index in [2.05, 4.69) is 38.1 Å². The van der Waals surface area contributed by atoms with Crippen LogP contribution in [0, 0.1) is 11.8 Å². The van der Waals surface area contributed by atoms with Crippen LogP contribution in [-0.2, 0) is 0 Å². The molecule has 0 aliphatic carbocycles. The lowest BCUT2D eigenvalue weighted by molar-refractivity contribution is 0.0709. The van der Waals surface area contributed by atoms with Crippen molar-refractivity contribution in [3.63, 3.8) is 0 Å². The van der Waals surface area contributed by atoms with Crippen molar-refractivity contribution in [2.75, 3.05) is 18.5 Å². The molecule has 5 heteroatoms. The van der Waals surface area contributed by atoms with E-state index in [9.17, 15) is 4.79 Å². The van der Waals surface area contributed by atoms with Gasteiger partial charge < -0.3 is 10.3 Å². The van der Waals surface area contributed by atoms with E-state index in [-0.39, 0.29) is 5.91 Å². The van der Waals surface area contributed by atoms with Gasteiger partial charge in [0.1, 0.15) is 11.5 Å². The molecule has 0 aromatic carbocycles. The van der Waals surface area contributed by atoms with Crippen LogP contribution in [0.25, 0.3) is 0 Å². The molecule has 5 nitrogen and oxygen atoms in total. The molecule has 106 valence electrons. The average molecular weight is 264 g/mol. The normalized spacial score (nSPS) is 10.9. The number of aromatic nitrogens is 1. The Kier molecular flexibility index (Phi) is 5.76. The van der Waals surface area contributed by atoms with Gasteiger partial charge in [-0.15, -0.1) is 0 Å². The van der Waals surface area contributed by atoms with E-state index in [1.54, 1.807) is 18.2 Å². The van der Waals surface area contributed by atoms with Crippen LogP contribution in [0.3, 0.4) is 0 Å². The van der Waals surface area contributed by atoms with Gasteiger partial charge in [-0.1, -0.05) is 33.8 Å². The Morgan fingerprint density at radius 2 is 1.84 bits per heavy atom. The molecule has 0 saturated heterocycles. The van der Waals surface area contributed by atoms with Crippen molar-refractivity contribution in [1.29, 1.82) is 0 Å². The largest absolute Gasteiger partial charge is 0.337 e. The van der Waals surface area contributed by atoms with E-state index in [0.717, 1.165) is 13.1 Å². The van der Waals surface area contributed by atoms with Crippen molar-refractivity contribution in [2.45, 2.75) is 27.7 Å². The van der Waals surface area contributed by atoms with E-state index in [1.807, 2.05) is 4.90 Å². The predicted molar refractivity (Wildman–Crippen MR) is 77.6 cm³/mol. The lowest BCUT2D eigenvalue weighted by Gasteiger charge is -2.26. The summed E-state index contributed by atoms with van der Waals surface area (Å²) in [5.41, 5.74) is 2.89. The number of rotatable bonds is 6. The summed E-state index contributed by atoms with van der Waals surface area (Å²) in [4.78, 5) is 18.5. The molecule has 0 radical (unpaired) electrons. The number of carbonyl (C=O) groups is 1. The molecule has 0 unspecified atom stereocenters. The van der Waals surface area contributed by atoms with Crippen LogP contribution in [0.5, 0.6) is 0 Å². The smallest absolute Gasteiger partial charge is 0.272 e. The zero-order valence-electron chi connectivity index (χ0n) is 12.2. The van der Waals surface area contributed by atoms with Crippen molar-refractivity contribution < 1.29 is 4.79 Å². The van der Waals surface area contributed by atoms with Crippen LogP contribution < -0.4 is 11.3 Å². The quantitative estimate of drug-likeness (QED) is 0.610. The Morgan fingerprint density at radius 3 is 2.32 bits per heavy atom. The molecule has 19 heavy (non-hydrogen) atoms. The summed E-state index contributed by atoms with van der Waals surface area (Å²) in [6.45, 7) is 9.88. The fourth-order valence-corrected chi connectivity index (χ4v) is 1.92. The number of nitrogens with two attached hydrogens (primary N) is 1. The van der Waals surface area contributed by atoms with Gasteiger partial charge in [0, 0.05) is 13.1 Å². The van der Waals surface area contributed by atoms with Crippen molar-refractivity contribution in [1.82, 2.24) is 9.88 Å². The van der Waals surface area contributed by atoms with Crippen LogP contribution in [0.2, 0.25) is 0 Å². The van der Waals surface area contributed by atoms with Gasteiger partial charge in [0.2, 0.25) is 0 Å². The SMILES string of the molecule is CC(C)CN(CC(C)C)C(=O)c1cccc(NN)n1. The highest BCUT2D eigenvalue weighted by Gasteiger charge is 2.19. The maximum absolute atomic E-state index is 12.5. The number of nitrogens with zero attached hydrogens (tertiary/aromatic N) is 2. The van der Waals surface area contributed by atoms with Gasteiger partial charge in [-0.2, -0.15) is 0 Å². The molecule has 1 aromatic rings. The molecular weight excluding hydrogens is 240 g/mol. The number of anilines is 1. The van der Waals surface area contributed by atoms with E-state index in [4.69, 9.17) is 5.84 Å². The van der Waals surface area contributed by atoms with Crippen molar-refractivity contribution >= 4 is 11.7 Å². The number of hydrazine groups is 1. The number of nitrogen functional groups attached to an aromatic ring is 1. The number of amides is 1. The summed E-state index contributed by atoms with van der Waals surface area (Å²) in [5.74, 6) is 6.64. The Morgan fingerprint density at radius 1 is 1.26 bits per heavy atom. The highest BCUT2D eigenvalue weighted by molar-refractivity contribution is 5.92. The predicted octanol–water partition coefficient (Wildman–Crippen LogP) is 2.12. The lowest BCUT2D eigenvalue weighted by atomic mass is 10.1. The Bertz CT molecular complexity index is 408. The molecule has 0 saturated carbocycles. The Hall–Kier alpha value is -1.62. The average Bonchev–Trinajstić information content (AvgIpc) is 2.36. The molecule has 0 aliphatic heterocycles. The minimum atomic E-state index is -0.0421. The fraction of sp³-hybridized carbons (Fsp3) is 0.571. The molecule has 3 N–H and O–H groups in total. The van der Waals surface area contributed by atoms with Crippen LogP contribution in [0.15, 0.2) is 18.2 Å². The minimum absolute atomic E-state index is 0.0421. The van der Waals surface area contributed by atoms with Gasteiger partial charge in [-0.05, 0) is 24.0 Å². The summed E-state index contributed by atoms with van der Waals surface area (Å²) < 4.78 is 0. The topological polar surface area (TPSA) is 71.2 Å². The van der Waals surface area contributed by atoms with Gasteiger partial charge in [0.15, 0.2) is 0 Å². The first-order valence-corrected chi connectivity index (χ1v) is 6.67. The summed E-state index contributed by atoms with van der Waals surface area (Å²) in [6, 6.07) is 5.22. The monoisotopic (exact) mass is 264 g/mol. The summed E-state index contributed by atoms with van der Waals surface area (Å²) in [6.07, 6.45) is 0. The van der Waals surface area contributed by atoms with Crippen molar-refractivity contribution in [2.24, 2.45) is 17.7 Å². The number of nitrogens with one attached hydrogen (secondary N) is 1. The van der Waals surface area contributed by atoms with Gasteiger partial charge in [-0.3, -0.25) is 4.79 Å². The van der Waals surface area contributed by atoms with Crippen molar-refractivity contribution in [3.8, 4) is 0 Å². The molecule has 1 rings (SSSR count). The van der Waals surface area contributed by atoms with Crippen LogP contribution in [-0.4, -0.2) is 28.9 Å². The first-order valence-electron chi connectivity index (χ1n) is 6.67. The summed E-state index contributed by atoms with van der Waals surface area (Å²) in [7, 11) is 0. The number of pyridine rings is 1. The molecule has 1 amide bonds. The maximum atomic E-state index is 12.5. The second-order valence-electron chi connectivity index (χ2n) is 5.55. The zero-order chi connectivity index (χ0) is 14.4. The van der Waals surface area contributed by atoms with Crippen LogP contribution >= 0.6 is 0 Å². The van der Waals surface area contributed by atoms with Crippen LogP contribution in [0.1, 0.15) is 38.2 Å². The van der Waals surface area contributed by atoms with Gasteiger partial charge >= 0.3 is 0 Å². The second-order valence-corrected chi connectivity index (χ2v) is 5.55. The summed E-state index contributed by atoms with van der Waals surface area (Å²) in [5, 5.41) is 0. The van der Waals surface area contributed by atoms with Gasteiger partial charge in [0.25, 0.3) is 5.91 Å². The first-order chi connectivity index (χ1) is 8.93. The maximum Gasteiger partial charge on any atom is 0.272 e. The third kappa shape index (κ3) is 4.87. The molecule has 0 aliphatic rings. The molecule has 0 fully saturated rings. The second kappa shape index (κ2) is 7.09. The third-order valence-corrected chi connectivity index (χ3v) is 2.57. The zero-order valence-corrected chi connectivity index (χ0v) is 12.2. The van der Waals surface area contributed by atoms with Crippen LogP contribution in [0.4, 0.5) is 5.82 Å². The highest BCUT2D eigenvalue weighted by atomic mass is 16.2.